The lowest BCUT2D eigenvalue weighted by Gasteiger charge is -2.39. The number of hydrogen-bond donors (Lipinski definition) is 1. The summed E-state index contributed by atoms with van der Waals surface area (Å²) in [4.78, 5) is 16.8. The van der Waals surface area contributed by atoms with Crippen LogP contribution in [0.15, 0.2) is 18.2 Å². The Morgan fingerprint density at radius 1 is 1.35 bits per heavy atom. The molecule has 1 atom stereocenters. The van der Waals surface area contributed by atoms with Gasteiger partial charge in [-0.3, -0.25) is 4.79 Å². The van der Waals surface area contributed by atoms with Gasteiger partial charge in [-0.2, -0.15) is 0 Å². The van der Waals surface area contributed by atoms with Crippen molar-refractivity contribution in [2.45, 2.75) is 45.3 Å². The van der Waals surface area contributed by atoms with E-state index in [0.29, 0.717) is 6.54 Å². The Balaban J connectivity index is 2.34. The van der Waals surface area contributed by atoms with E-state index >= 15 is 0 Å². The van der Waals surface area contributed by atoms with Crippen molar-refractivity contribution in [3.8, 4) is 5.75 Å². The van der Waals surface area contributed by atoms with Crippen molar-refractivity contribution in [3.05, 3.63) is 23.8 Å². The second kappa shape index (κ2) is 6.89. The molecule has 0 fully saturated rings. The van der Waals surface area contributed by atoms with Gasteiger partial charge in [-0.15, -0.1) is 0 Å². The van der Waals surface area contributed by atoms with E-state index in [1.807, 2.05) is 51.0 Å². The summed E-state index contributed by atoms with van der Waals surface area (Å²) < 4.78 is 5.92. The number of nitrogens with two attached hydrogens (primary N) is 1. The molecule has 1 unspecified atom stereocenters. The number of hydrogen-bond acceptors (Lipinski definition) is 4. The molecule has 0 saturated heterocycles. The Hall–Kier alpha value is -1.59. The highest BCUT2D eigenvalue weighted by Crippen LogP contribution is 2.39. The molecule has 0 bridgehead atoms. The predicted molar refractivity (Wildman–Crippen MR) is 93.9 cm³/mol. The normalized spacial score (nSPS) is 17.9. The van der Waals surface area contributed by atoms with Crippen LogP contribution in [-0.2, 0) is 4.79 Å². The molecule has 5 heteroatoms. The topological polar surface area (TPSA) is 58.8 Å². The third-order valence-electron chi connectivity index (χ3n) is 4.25. The largest absolute Gasteiger partial charge is 0.476 e. The third kappa shape index (κ3) is 3.85. The number of benzene rings is 1. The molecule has 128 valence electrons. The van der Waals surface area contributed by atoms with Gasteiger partial charge in [0.15, 0.2) is 5.60 Å². The summed E-state index contributed by atoms with van der Waals surface area (Å²) in [6.07, 6.45) is 1.78. The molecule has 0 aliphatic carbocycles. The van der Waals surface area contributed by atoms with Gasteiger partial charge in [-0.05, 0) is 65.0 Å². The smallest absolute Gasteiger partial charge is 0.270 e. The first-order chi connectivity index (χ1) is 10.8. The van der Waals surface area contributed by atoms with Gasteiger partial charge in [0.05, 0.1) is 5.69 Å². The Bertz CT molecular complexity index is 569. The van der Waals surface area contributed by atoms with Crippen LogP contribution in [0.5, 0.6) is 5.75 Å². The molecule has 5 nitrogen and oxygen atoms in total. The van der Waals surface area contributed by atoms with Crippen molar-refractivity contribution in [1.82, 2.24) is 4.90 Å². The lowest BCUT2D eigenvalue weighted by molar-refractivity contribution is -0.132. The summed E-state index contributed by atoms with van der Waals surface area (Å²) in [5, 5.41) is 0. The average molecular weight is 319 g/mol. The number of fused-ring (bicyclic) bond motifs is 1. The van der Waals surface area contributed by atoms with Gasteiger partial charge < -0.3 is 20.3 Å². The highest BCUT2D eigenvalue weighted by molar-refractivity contribution is 6.02. The molecule has 23 heavy (non-hydrogen) atoms. The molecule has 0 spiro atoms. The van der Waals surface area contributed by atoms with Crippen LogP contribution in [0.2, 0.25) is 0 Å². The lowest BCUT2D eigenvalue weighted by Crippen LogP contribution is -2.53. The van der Waals surface area contributed by atoms with Crippen LogP contribution in [0, 0.1) is 0 Å². The van der Waals surface area contributed by atoms with Crippen LogP contribution in [0.3, 0.4) is 0 Å². The van der Waals surface area contributed by atoms with Crippen molar-refractivity contribution in [1.29, 1.82) is 0 Å². The second-order valence-corrected chi connectivity index (χ2v) is 6.97. The van der Waals surface area contributed by atoms with Crippen molar-refractivity contribution in [3.63, 3.8) is 0 Å². The maximum atomic E-state index is 12.8. The molecule has 1 aromatic rings. The molecule has 0 aromatic heterocycles. The predicted octanol–water partition coefficient (Wildman–Crippen LogP) is 2.55. The number of carbonyl (C=O) groups is 1. The number of anilines is 1. The first-order valence-corrected chi connectivity index (χ1v) is 8.31. The van der Waals surface area contributed by atoms with E-state index in [9.17, 15) is 4.79 Å². The minimum Gasteiger partial charge on any atom is -0.476 e. The summed E-state index contributed by atoms with van der Waals surface area (Å²) in [7, 11) is 4.08. The zero-order chi connectivity index (χ0) is 17.2. The van der Waals surface area contributed by atoms with Gasteiger partial charge >= 0.3 is 0 Å². The molecule has 1 amide bonds. The quantitative estimate of drug-likeness (QED) is 0.875. The van der Waals surface area contributed by atoms with E-state index in [1.54, 1.807) is 0 Å². The van der Waals surface area contributed by atoms with Gasteiger partial charge in [0.1, 0.15) is 5.75 Å². The molecule has 2 rings (SSSR count). The van der Waals surface area contributed by atoms with Gasteiger partial charge in [-0.25, -0.2) is 0 Å². The maximum Gasteiger partial charge on any atom is 0.270 e. The van der Waals surface area contributed by atoms with Crippen molar-refractivity contribution in [2.24, 2.45) is 5.73 Å². The summed E-state index contributed by atoms with van der Waals surface area (Å²) in [5.74, 6) is 0.762. The standard InChI is InChI=1S/C18H29N3O2/c1-6-14(19)13-8-9-16-15(12-13)21(11-7-10-20(4)5)17(22)18(2,3)23-16/h8-9,12,14H,6-7,10-11,19H2,1-5H3. The number of amides is 1. The van der Waals surface area contributed by atoms with E-state index in [4.69, 9.17) is 10.5 Å². The SMILES string of the molecule is CCC(N)c1ccc2c(c1)N(CCCN(C)C)C(=O)C(C)(C)O2. The number of nitrogens with zero attached hydrogens (tertiary/aromatic N) is 2. The maximum absolute atomic E-state index is 12.8. The van der Waals surface area contributed by atoms with Crippen LogP contribution in [0.4, 0.5) is 5.69 Å². The summed E-state index contributed by atoms with van der Waals surface area (Å²) in [6, 6.07) is 5.92. The fourth-order valence-corrected chi connectivity index (χ4v) is 2.82. The third-order valence-corrected chi connectivity index (χ3v) is 4.25. The van der Waals surface area contributed by atoms with Crippen LogP contribution in [0.1, 0.15) is 45.2 Å². The van der Waals surface area contributed by atoms with E-state index in [1.165, 1.54) is 0 Å². The minimum absolute atomic E-state index is 0.00553. The lowest BCUT2D eigenvalue weighted by atomic mass is 9.99. The molecule has 0 saturated carbocycles. The highest BCUT2D eigenvalue weighted by Gasteiger charge is 2.40. The van der Waals surface area contributed by atoms with Crippen LogP contribution < -0.4 is 15.4 Å². The molecule has 1 aromatic carbocycles. The van der Waals surface area contributed by atoms with E-state index in [0.717, 1.165) is 36.4 Å². The molecule has 2 N–H and O–H groups in total. The van der Waals surface area contributed by atoms with Gasteiger partial charge in [0, 0.05) is 12.6 Å². The van der Waals surface area contributed by atoms with Crippen LogP contribution >= 0.6 is 0 Å². The molecule has 1 aliphatic heterocycles. The first-order valence-electron chi connectivity index (χ1n) is 8.31. The Morgan fingerprint density at radius 2 is 2.04 bits per heavy atom. The van der Waals surface area contributed by atoms with Gasteiger partial charge in [0.2, 0.25) is 0 Å². The van der Waals surface area contributed by atoms with E-state index in [2.05, 4.69) is 11.8 Å². The van der Waals surface area contributed by atoms with Crippen molar-refractivity contribution in [2.75, 3.05) is 32.1 Å². The molecule has 1 heterocycles. The van der Waals surface area contributed by atoms with Crippen molar-refractivity contribution >= 4 is 11.6 Å². The molecular weight excluding hydrogens is 290 g/mol. The summed E-state index contributed by atoms with van der Waals surface area (Å²) in [6.45, 7) is 7.33. The molecule has 1 aliphatic rings. The van der Waals surface area contributed by atoms with Crippen LogP contribution in [-0.4, -0.2) is 43.6 Å². The van der Waals surface area contributed by atoms with E-state index in [-0.39, 0.29) is 11.9 Å². The molecular formula is C18H29N3O2. The first kappa shape index (κ1) is 17.8. The Morgan fingerprint density at radius 3 is 2.65 bits per heavy atom. The summed E-state index contributed by atoms with van der Waals surface area (Å²) >= 11 is 0. The van der Waals surface area contributed by atoms with E-state index < -0.39 is 5.60 Å². The highest BCUT2D eigenvalue weighted by atomic mass is 16.5. The number of ether oxygens (including phenoxy) is 1. The number of rotatable bonds is 6. The Labute approximate surface area is 139 Å². The Kier molecular flexibility index (Phi) is 5.32. The zero-order valence-electron chi connectivity index (χ0n) is 14.9. The number of carbonyl (C=O) groups excluding carboxylic acids is 1. The fraction of sp³-hybridized carbons (Fsp3) is 0.611. The van der Waals surface area contributed by atoms with Crippen molar-refractivity contribution < 1.29 is 9.53 Å². The monoisotopic (exact) mass is 319 g/mol. The van der Waals surface area contributed by atoms with Gasteiger partial charge in [0.25, 0.3) is 5.91 Å². The second-order valence-electron chi connectivity index (χ2n) is 6.97. The zero-order valence-corrected chi connectivity index (χ0v) is 14.9. The minimum atomic E-state index is -0.834. The summed E-state index contributed by atoms with van der Waals surface area (Å²) in [5.41, 5.74) is 7.20. The molecule has 0 radical (unpaired) electrons. The van der Waals surface area contributed by atoms with Gasteiger partial charge in [-0.1, -0.05) is 13.0 Å². The van der Waals surface area contributed by atoms with Crippen LogP contribution in [0.25, 0.3) is 0 Å². The average Bonchev–Trinajstić information content (AvgIpc) is 2.49. The fourth-order valence-electron chi connectivity index (χ4n) is 2.82.